The third-order valence-electron chi connectivity index (χ3n) is 3.34. The molecule has 0 unspecified atom stereocenters. The van der Waals surface area contributed by atoms with Crippen LogP contribution in [0.5, 0.6) is 0 Å². The molecule has 3 aromatic rings. The van der Waals surface area contributed by atoms with Gasteiger partial charge in [0, 0.05) is 5.69 Å². The maximum Gasteiger partial charge on any atom is 0.0858 e. The molecule has 0 saturated carbocycles. The Morgan fingerprint density at radius 2 is 0.792 bits per heavy atom. The van der Waals surface area contributed by atoms with Crippen molar-refractivity contribution in [1.29, 1.82) is 0 Å². The molecule has 3 rings (SSSR count). The summed E-state index contributed by atoms with van der Waals surface area (Å²) >= 11 is 0. The summed E-state index contributed by atoms with van der Waals surface area (Å²) in [5, 5.41) is 16.8. The van der Waals surface area contributed by atoms with E-state index in [9.17, 15) is 0 Å². The molecule has 0 radical (unpaired) electrons. The van der Waals surface area contributed by atoms with Crippen molar-refractivity contribution >= 4 is 28.4 Å². The lowest BCUT2D eigenvalue weighted by atomic mass is 10.2. The van der Waals surface area contributed by atoms with Gasteiger partial charge in [-0.1, -0.05) is 17.7 Å². The highest BCUT2D eigenvalue weighted by Gasteiger charge is 1.94. The van der Waals surface area contributed by atoms with Crippen LogP contribution in [0.4, 0.5) is 28.4 Å². The normalized spacial score (nSPS) is 11.4. The highest BCUT2D eigenvalue weighted by Crippen LogP contribution is 2.23. The van der Waals surface area contributed by atoms with Gasteiger partial charge in [-0.25, -0.2) is 0 Å². The minimum Gasteiger partial charge on any atom is -0.399 e. The second-order valence-corrected chi connectivity index (χ2v) is 5.34. The molecule has 0 saturated heterocycles. The molecule has 0 amide bonds. The Labute approximate surface area is 140 Å². The van der Waals surface area contributed by atoms with Crippen LogP contribution in [0.15, 0.2) is 93.3 Å². The summed E-state index contributed by atoms with van der Waals surface area (Å²) in [7, 11) is 0. The summed E-state index contributed by atoms with van der Waals surface area (Å²) in [6.07, 6.45) is 0. The van der Waals surface area contributed by atoms with Gasteiger partial charge in [-0.2, -0.15) is 20.5 Å². The highest BCUT2D eigenvalue weighted by atomic mass is 15.1. The molecule has 24 heavy (non-hydrogen) atoms. The quantitative estimate of drug-likeness (QED) is 0.438. The predicted octanol–water partition coefficient (Wildman–Crippen LogP) is 6.41. The lowest BCUT2D eigenvalue weighted by Crippen LogP contribution is -1.80. The molecule has 0 bridgehead atoms. The number of nitrogens with zero attached hydrogens (tertiary/aromatic N) is 4. The molecule has 0 atom stereocenters. The number of rotatable bonds is 4. The van der Waals surface area contributed by atoms with Crippen LogP contribution < -0.4 is 5.73 Å². The van der Waals surface area contributed by atoms with Crippen LogP contribution in [0.2, 0.25) is 0 Å². The molecule has 0 aliphatic heterocycles. The van der Waals surface area contributed by atoms with Crippen molar-refractivity contribution in [3.05, 3.63) is 78.4 Å². The van der Waals surface area contributed by atoms with E-state index in [2.05, 4.69) is 20.5 Å². The molecule has 0 heterocycles. The van der Waals surface area contributed by atoms with E-state index in [1.807, 2.05) is 67.6 Å². The Balaban J connectivity index is 1.66. The van der Waals surface area contributed by atoms with Crippen molar-refractivity contribution in [2.45, 2.75) is 6.92 Å². The van der Waals surface area contributed by atoms with Crippen molar-refractivity contribution in [2.24, 2.45) is 20.5 Å². The first-order valence-electron chi connectivity index (χ1n) is 7.55. The minimum absolute atomic E-state index is 0.706. The van der Waals surface area contributed by atoms with Crippen LogP contribution in [-0.4, -0.2) is 0 Å². The van der Waals surface area contributed by atoms with Crippen LogP contribution >= 0.6 is 0 Å². The third-order valence-corrected chi connectivity index (χ3v) is 3.34. The summed E-state index contributed by atoms with van der Waals surface area (Å²) < 4.78 is 0. The van der Waals surface area contributed by atoms with E-state index < -0.39 is 0 Å². The number of azo groups is 2. The fraction of sp³-hybridized carbons (Fsp3) is 0.0526. The molecule has 0 spiro atoms. The van der Waals surface area contributed by atoms with Crippen LogP contribution in [0, 0.1) is 6.92 Å². The van der Waals surface area contributed by atoms with E-state index in [1.165, 1.54) is 5.56 Å². The van der Waals surface area contributed by atoms with Gasteiger partial charge >= 0.3 is 0 Å². The summed E-state index contributed by atoms with van der Waals surface area (Å²) in [5.74, 6) is 0. The lowest BCUT2D eigenvalue weighted by Gasteiger charge is -1.96. The van der Waals surface area contributed by atoms with Gasteiger partial charge in [-0.3, -0.25) is 0 Å². The molecule has 0 aliphatic rings. The number of benzene rings is 3. The largest absolute Gasteiger partial charge is 0.399 e. The fourth-order valence-corrected chi connectivity index (χ4v) is 1.97. The molecule has 2 N–H and O–H groups in total. The Morgan fingerprint density at radius 3 is 1.17 bits per heavy atom. The molecule has 0 fully saturated rings. The Hall–Kier alpha value is -3.34. The second kappa shape index (κ2) is 7.28. The summed E-state index contributed by atoms with van der Waals surface area (Å²) in [4.78, 5) is 0. The van der Waals surface area contributed by atoms with E-state index in [4.69, 9.17) is 5.73 Å². The smallest absolute Gasteiger partial charge is 0.0858 e. The second-order valence-electron chi connectivity index (χ2n) is 5.34. The highest BCUT2D eigenvalue weighted by molar-refractivity contribution is 5.50. The SMILES string of the molecule is Cc1ccc(N=Nc2ccc(N=Nc3ccc(N)cc3)cc2)cc1. The number of hydrogen-bond acceptors (Lipinski definition) is 5. The summed E-state index contributed by atoms with van der Waals surface area (Å²) in [6.45, 7) is 2.04. The number of nitrogens with two attached hydrogens (primary N) is 1. The lowest BCUT2D eigenvalue weighted by molar-refractivity contribution is 1.21. The van der Waals surface area contributed by atoms with Gasteiger partial charge in [-0.15, -0.1) is 0 Å². The van der Waals surface area contributed by atoms with Gasteiger partial charge < -0.3 is 5.73 Å². The molecule has 5 nitrogen and oxygen atoms in total. The molecule has 0 aliphatic carbocycles. The molecule has 118 valence electrons. The minimum atomic E-state index is 0.706. The van der Waals surface area contributed by atoms with Crippen LogP contribution in [-0.2, 0) is 0 Å². The van der Waals surface area contributed by atoms with Crippen molar-refractivity contribution < 1.29 is 0 Å². The molecule has 3 aromatic carbocycles. The maximum atomic E-state index is 5.64. The zero-order valence-electron chi connectivity index (χ0n) is 13.3. The topological polar surface area (TPSA) is 75.5 Å². The van der Waals surface area contributed by atoms with Gasteiger partial charge in [0.25, 0.3) is 0 Å². The summed E-state index contributed by atoms with van der Waals surface area (Å²) in [6, 6.07) is 22.5. The maximum absolute atomic E-state index is 5.64. The first-order chi connectivity index (χ1) is 11.7. The van der Waals surface area contributed by atoms with Gasteiger partial charge in [-0.05, 0) is 67.6 Å². The molecular formula is C19H17N5. The zero-order valence-corrected chi connectivity index (χ0v) is 13.3. The molecule has 0 aromatic heterocycles. The monoisotopic (exact) mass is 315 g/mol. The number of anilines is 1. The first-order valence-corrected chi connectivity index (χ1v) is 7.55. The van der Waals surface area contributed by atoms with E-state index in [-0.39, 0.29) is 0 Å². The van der Waals surface area contributed by atoms with E-state index in [0.29, 0.717) is 5.69 Å². The standard InChI is InChI=1S/C19H17N5/c1-14-2-6-16(7-3-14)21-23-18-10-12-19(13-11-18)24-22-17-8-4-15(20)5-9-17/h2-13H,20H2,1H3. The van der Waals surface area contributed by atoms with Crippen molar-refractivity contribution in [1.82, 2.24) is 0 Å². The first kappa shape index (κ1) is 15.6. The average Bonchev–Trinajstić information content (AvgIpc) is 2.62. The van der Waals surface area contributed by atoms with Gasteiger partial charge in [0.2, 0.25) is 0 Å². The average molecular weight is 315 g/mol. The van der Waals surface area contributed by atoms with Crippen molar-refractivity contribution in [2.75, 3.05) is 5.73 Å². The van der Waals surface area contributed by atoms with Crippen LogP contribution in [0.25, 0.3) is 0 Å². The van der Waals surface area contributed by atoms with Crippen LogP contribution in [0.3, 0.4) is 0 Å². The van der Waals surface area contributed by atoms with E-state index in [1.54, 1.807) is 12.1 Å². The molecule has 5 heteroatoms. The van der Waals surface area contributed by atoms with Gasteiger partial charge in [0.05, 0.1) is 22.7 Å². The van der Waals surface area contributed by atoms with E-state index >= 15 is 0 Å². The number of hydrogen-bond donors (Lipinski definition) is 1. The molecular weight excluding hydrogens is 298 g/mol. The van der Waals surface area contributed by atoms with E-state index in [0.717, 1.165) is 22.7 Å². The predicted molar refractivity (Wildman–Crippen MR) is 96.8 cm³/mol. The Morgan fingerprint density at radius 1 is 0.500 bits per heavy atom. The number of nitrogen functional groups attached to an aromatic ring is 1. The fourth-order valence-electron chi connectivity index (χ4n) is 1.97. The van der Waals surface area contributed by atoms with Crippen molar-refractivity contribution in [3.63, 3.8) is 0 Å². The van der Waals surface area contributed by atoms with Crippen LogP contribution in [0.1, 0.15) is 5.56 Å². The Bertz CT molecular complexity index is 773. The third kappa shape index (κ3) is 4.33. The van der Waals surface area contributed by atoms with Gasteiger partial charge in [0.15, 0.2) is 0 Å². The zero-order chi connectivity index (χ0) is 16.8. The summed E-state index contributed by atoms with van der Waals surface area (Å²) in [5.41, 5.74) is 10.6. The van der Waals surface area contributed by atoms with Gasteiger partial charge in [0.1, 0.15) is 0 Å². The number of aryl methyl sites for hydroxylation is 1. The Kier molecular flexibility index (Phi) is 4.72. The van der Waals surface area contributed by atoms with Crippen molar-refractivity contribution in [3.8, 4) is 0 Å².